The Morgan fingerprint density at radius 1 is 0.750 bits per heavy atom. The summed E-state index contributed by atoms with van der Waals surface area (Å²) in [6, 6.07) is 20.5. The van der Waals surface area contributed by atoms with Crippen molar-refractivity contribution in [1.82, 2.24) is 4.90 Å². The van der Waals surface area contributed by atoms with Gasteiger partial charge in [-0.05, 0) is 37.1 Å². The first-order valence-electron chi connectivity index (χ1n) is 9.30. The smallest absolute Gasteiger partial charge is 0.0986 e. The predicted octanol–water partition coefficient (Wildman–Crippen LogP) is 5.36. The van der Waals surface area contributed by atoms with E-state index in [1.807, 2.05) is 36.4 Å². The zero-order valence-electron chi connectivity index (χ0n) is 15.1. The van der Waals surface area contributed by atoms with Gasteiger partial charge in [0.1, 0.15) is 0 Å². The minimum absolute atomic E-state index is 0.00620. The van der Waals surface area contributed by atoms with Gasteiger partial charge in [-0.1, -0.05) is 87.4 Å². The monoisotopic (exact) mass is 325 g/mol. The number of unbranched alkanes of at least 4 members (excludes halogenated alkanes) is 2. The molecule has 0 saturated heterocycles. The number of benzene rings is 2. The van der Waals surface area contributed by atoms with E-state index < -0.39 is 6.10 Å². The molecule has 130 valence electrons. The van der Waals surface area contributed by atoms with Crippen molar-refractivity contribution in [2.45, 2.75) is 51.7 Å². The fourth-order valence-corrected chi connectivity index (χ4v) is 3.19. The third-order valence-corrected chi connectivity index (χ3v) is 4.57. The molecule has 0 radical (unpaired) electrons. The third-order valence-electron chi connectivity index (χ3n) is 4.57. The van der Waals surface area contributed by atoms with Crippen molar-refractivity contribution in [3.8, 4) is 0 Å². The lowest BCUT2D eigenvalue weighted by Gasteiger charge is -2.35. The van der Waals surface area contributed by atoms with Crippen molar-refractivity contribution in [2.24, 2.45) is 0 Å². The molecule has 24 heavy (non-hydrogen) atoms. The Morgan fingerprint density at radius 3 is 1.67 bits per heavy atom. The standard InChI is InChI=1S/C22H31NO/c1-3-5-17-23(18-6-4-2)21(19-13-9-7-10-14-19)22(24)20-15-11-8-12-16-20/h7-16,21-22,24H,3-6,17-18H2,1-2H3/t21-,22+/m0/s1. The quantitative estimate of drug-likeness (QED) is 0.635. The second-order valence-corrected chi connectivity index (χ2v) is 6.45. The van der Waals surface area contributed by atoms with Crippen LogP contribution in [0.15, 0.2) is 60.7 Å². The molecule has 1 N–H and O–H groups in total. The summed E-state index contributed by atoms with van der Waals surface area (Å²) in [5.41, 5.74) is 2.19. The summed E-state index contributed by atoms with van der Waals surface area (Å²) in [5.74, 6) is 0. The maximum Gasteiger partial charge on any atom is 0.0986 e. The second kappa shape index (κ2) is 10.3. The lowest BCUT2D eigenvalue weighted by atomic mass is 9.93. The van der Waals surface area contributed by atoms with Gasteiger partial charge in [-0.25, -0.2) is 0 Å². The van der Waals surface area contributed by atoms with Gasteiger partial charge in [0.2, 0.25) is 0 Å². The number of rotatable bonds is 10. The largest absolute Gasteiger partial charge is 0.386 e. The van der Waals surface area contributed by atoms with E-state index in [9.17, 15) is 5.11 Å². The molecule has 0 spiro atoms. The molecule has 0 saturated carbocycles. The fourth-order valence-electron chi connectivity index (χ4n) is 3.19. The van der Waals surface area contributed by atoms with E-state index in [2.05, 4.69) is 43.0 Å². The summed E-state index contributed by atoms with van der Waals surface area (Å²) >= 11 is 0. The second-order valence-electron chi connectivity index (χ2n) is 6.45. The van der Waals surface area contributed by atoms with Crippen molar-refractivity contribution < 1.29 is 5.11 Å². The third kappa shape index (κ3) is 5.19. The molecule has 0 aromatic heterocycles. The van der Waals surface area contributed by atoms with Crippen molar-refractivity contribution in [1.29, 1.82) is 0 Å². The minimum Gasteiger partial charge on any atom is -0.386 e. The van der Waals surface area contributed by atoms with Crippen molar-refractivity contribution >= 4 is 0 Å². The molecular formula is C22H31NO. The molecule has 2 heteroatoms. The van der Waals surface area contributed by atoms with E-state index in [0.717, 1.165) is 31.5 Å². The van der Waals surface area contributed by atoms with Crippen molar-refractivity contribution in [3.63, 3.8) is 0 Å². The Labute approximate surface area is 147 Å². The average Bonchev–Trinajstić information content (AvgIpc) is 2.65. The van der Waals surface area contributed by atoms with Gasteiger partial charge in [0.15, 0.2) is 0 Å². The molecule has 2 rings (SSSR count). The van der Waals surface area contributed by atoms with Crippen LogP contribution < -0.4 is 0 Å². The van der Waals surface area contributed by atoms with Crippen LogP contribution in [-0.2, 0) is 0 Å². The molecule has 2 atom stereocenters. The first-order chi connectivity index (χ1) is 11.8. The highest BCUT2D eigenvalue weighted by atomic mass is 16.3. The molecule has 0 fully saturated rings. The Hall–Kier alpha value is -1.64. The van der Waals surface area contributed by atoms with E-state index >= 15 is 0 Å². The Morgan fingerprint density at radius 2 is 1.21 bits per heavy atom. The molecule has 0 aliphatic carbocycles. The zero-order chi connectivity index (χ0) is 17.2. The summed E-state index contributed by atoms with van der Waals surface area (Å²) in [7, 11) is 0. The molecule has 2 aromatic carbocycles. The highest BCUT2D eigenvalue weighted by Gasteiger charge is 2.28. The lowest BCUT2D eigenvalue weighted by Crippen LogP contribution is -2.34. The van der Waals surface area contributed by atoms with Crippen LogP contribution in [0.3, 0.4) is 0 Å². The predicted molar refractivity (Wildman–Crippen MR) is 102 cm³/mol. The Bertz CT molecular complexity index is 547. The van der Waals surface area contributed by atoms with Gasteiger partial charge in [0.25, 0.3) is 0 Å². The number of hydrogen-bond donors (Lipinski definition) is 1. The van der Waals surface area contributed by atoms with Crippen LogP contribution in [0.4, 0.5) is 0 Å². The molecule has 0 unspecified atom stereocenters. The molecule has 0 bridgehead atoms. The van der Waals surface area contributed by atoms with Crippen molar-refractivity contribution in [3.05, 3.63) is 71.8 Å². The van der Waals surface area contributed by atoms with E-state index in [-0.39, 0.29) is 6.04 Å². The molecular weight excluding hydrogens is 294 g/mol. The van der Waals surface area contributed by atoms with Crippen LogP contribution in [0, 0.1) is 0 Å². The van der Waals surface area contributed by atoms with Gasteiger partial charge in [0, 0.05) is 0 Å². The highest BCUT2D eigenvalue weighted by molar-refractivity contribution is 5.26. The van der Waals surface area contributed by atoms with Crippen LogP contribution in [0.2, 0.25) is 0 Å². The number of aliphatic hydroxyl groups excluding tert-OH is 1. The summed E-state index contributed by atoms with van der Waals surface area (Å²) in [6.45, 7) is 6.51. The summed E-state index contributed by atoms with van der Waals surface area (Å²) in [5, 5.41) is 11.2. The van der Waals surface area contributed by atoms with Gasteiger partial charge in [-0.15, -0.1) is 0 Å². The van der Waals surface area contributed by atoms with Crippen molar-refractivity contribution in [2.75, 3.05) is 13.1 Å². The maximum absolute atomic E-state index is 11.2. The van der Waals surface area contributed by atoms with E-state index in [4.69, 9.17) is 0 Å². The average molecular weight is 325 g/mol. The first-order valence-corrected chi connectivity index (χ1v) is 9.30. The normalized spacial score (nSPS) is 13.8. The van der Waals surface area contributed by atoms with Crippen LogP contribution in [-0.4, -0.2) is 23.1 Å². The van der Waals surface area contributed by atoms with Gasteiger partial charge >= 0.3 is 0 Å². The van der Waals surface area contributed by atoms with Gasteiger partial charge in [0.05, 0.1) is 12.1 Å². The molecule has 0 aliphatic heterocycles. The summed E-state index contributed by atoms with van der Waals surface area (Å²) in [4.78, 5) is 2.47. The first kappa shape index (κ1) is 18.7. The topological polar surface area (TPSA) is 23.5 Å². The SMILES string of the molecule is CCCCN(CCCC)[C@@H](c1ccccc1)[C@H](O)c1ccccc1. The van der Waals surface area contributed by atoms with Crippen LogP contribution >= 0.6 is 0 Å². The number of aliphatic hydroxyl groups is 1. The molecule has 0 aliphatic rings. The fraction of sp³-hybridized carbons (Fsp3) is 0.455. The summed E-state index contributed by atoms with van der Waals surface area (Å²) in [6.07, 6.45) is 4.16. The maximum atomic E-state index is 11.2. The lowest BCUT2D eigenvalue weighted by molar-refractivity contribution is 0.0450. The minimum atomic E-state index is -0.512. The van der Waals surface area contributed by atoms with Crippen LogP contribution in [0.5, 0.6) is 0 Å². The highest BCUT2D eigenvalue weighted by Crippen LogP contribution is 2.34. The molecule has 0 amide bonds. The number of nitrogens with zero attached hydrogens (tertiary/aromatic N) is 1. The van der Waals surface area contributed by atoms with E-state index in [1.54, 1.807) is 0 Å². The van der Waals surface area contributed by atoms with Crippen LogP contribution in [0.25, 0.3) is 0 Å². The van der Waals surface area contributed by atoms with E-state index in [0.29, 0.717) is 0 Å². The van der Waals surface area contributed by atoms with Gasteiger partial charge in [-0.3, -0.25) is 4.90 Å². The molecule has 0 heterocycles. The number of hydrogen-bond acceptors (Lipinski definition) is 2. The van der Waals surface area contributed by atoms with Gasteiger partial charge < -0.3 is 5.11 Å². The van der Waals surface area contributed by atoms with Crippen LogP contribution in [0.1, 0.15) is 62.8 Å². The summed E-state index contributed by atoms with van der Waals surface area (Å²) < 4.78 is 0. The molecule has 2 aromatic rings. The Kier molecular flexibility index (Phi) is 8.00. The molecule has 2 nitrogen and oxygen atoms in total. The van der Waals surface area contributed by atoms with E-state index in [1.165, 1.54) is 18.4 Å². The Balaban J connectivity index is 2.32. The van der Waals surface area contributed by atoms with Gasteiger partial charge in [-0.2, -0.15) is 0 Å². The zero-order valence-corrected chi connectivity index (χ0v) is 15.1.